The molecule has 20 heavy (non-hydrogen) atoms. The zero-order chi connectivity index (χ0) is 15.3. The average Bonchev–Trinajstić information content (AvgIpc) is 2.43. The van der Waals surface area contributed by atoms with Crippen molar-refractivity contribution in [2.75, 3.05) is 11.9 Å². The second kappa shape index (κ2) is 6.98. The average molecular weight is 297 g/mol. The SMILES string of the molecule is CCNC(=O)c1c(NC(C)(CC)CC)ccc(C)c1Cl. The molecule has 3 nitrogen and oxygen atoms in total. The monoisotopic (exact) mass is 296 g/mol. The van der Waals surface area contributed by atoms with Crippen molar-refractivity contribution in [1.82, 2.24) is 5.32 Å². The molecule has 1 rings (SSSR count). The van der Waals surface area contributed by atoms with Crippen LogP contribution in [0.15, 0.2) is 12.1 Å². The summed E-state index contributed by atoms with van der Waals surface area (Å²) in [6, 6.07) is 3.88. The predicted molar refractivity (Wildman–Crippen MR) is 86.8 cm³/mol. The van der Waals surface area contributed by atoms with E-state index in [9.17, 15) is 4.79 Å². The minimum atomic E-state index is -0.127. The zero-order valence-corrected chi connectivity index (χ0v) is 13.8. The summed E-state index contributed by atoms with van der Waals surface area (Å²) < 4.78 is 0. The van der Waals surface area contributed by atoms with Crippen molar-refractivity contribution < 1.29 is 4.79 Å². The zero-order valence-electron chi connectivity index (χ0n) is 13.1. The highest BCUT2D eigenvalue weighted by atomic mass is 35.5. The van der Waals surface area contributed by atoms with Crippen LogP contribution < -0.4 is 10.6 Å². The Hall–Kier alpha value is -1.22. The molecule has 1 aromatic rings. The molecule has 1 amide bonds. The number of anilines is 1. The first-order valence-electron chi connectivity index (χ1n) is 7.24. The Kier molecular flexibility index (Phi) is 5.88. The summed E-state index contributed by atoms with van der Waals surface area (Å²) in [5, 5.41) is 6.84. The van der Waals surface area contributed by atoms with Crippen LogP contribution >= 0.6 is 11.6 Å². The van der Waals surface area contributed by atoms with Crippen molar-refractivity contribution in [1.29, 1.82) is 0 Å². The van der Waals surface area contributed by atoms with E-state index in [0.717, 1.165) is 24.1 Å². The first-order valence-corrected chi connectivity index (χ1v) is 7.61. The van der Waals surface area contributed by atoms with Crippen LogP contribution in [-0.4, -0.2) is 18.0 Å². The molecule has 0 saturated carbocycles. The molecule has 0 radical (unpaired) electrons. The van der Waals surface area contributed by atoms with E-state index in [2.05, 4.69) is 31.4 Å². The van der Waals surface area contributed by atoms with E-state index >= 15 is 0 Å². The molecule has 0 aliphatic heterocycles. The van der Waals surface area contributed by atoms with Gasteiger partial charge in [-0.05, 0) is 45.2 Å². The molecule has 0 aliphatic rings. The first-order chi connectivity index (χ1) is 9.38. The van der Waals surface area contributed by atoms with Crippen LogP contribution in [0.3, 0.4) is 0 Å². The Morgan fingerprint density at radius 3 is 2.35 bits per heavy atom. The van der Waals surface area contributed by atoms with Gasteiger partial charge in [-0.25, -0.2) is 0 Å². The molecule has 0 heterocycles. The molecule has 0 atom stereocenters. The smallest absolute Gasteiger partial charge is 0.254 e. The molecule has 2 N–H and O–H groups in total. The van der Waals surface area contributed by atoms with Gasteiger partial charge in [0.05, 0.1) is 10.6 Å². The lowest BCUT2D eigenvalue weighted by molar-refractivity contribution is 0.0956. The van der Waals surface area contributed by atoms with Gasteiger partial charge in [0.2, 0.25) is 0 Å². The largest absolute Gasteiger partial charge is 0.379 e. The molecule has 1 aromatic carbocycles. The second-order valence-corrected chi connectivity index (χ2v) is 5.75. The van der Waals surface area contributed by atoms with Crippen LogP contribution in [-0.2, 0) is 0 Å². The molecule has 0 bridgehead atoms. The summed E-state index contributed by atoms with van der Waals surface area (Å²) in [5.74, 6) is -0.127. The molecule has 112 valence electrons. The fourth-order valence-corrected chi connectivity index (χ4v) is 2.26. The number of nitrogens with one attached hydrogen (secondary N) is 2. The molecule has 0 unspecified atom stereocenters. The van der Waals surface area contributed by atoms with E-state index in [4.69, 9.17) is 11.6 Å². The van der Waals surface area contributed by atoms with Crippen molar-refractivity contribution in [3.05, 3.63) is 28.3 Å². The Morgan fingerprint density at radius 2 is 1.85 bits per heavy atom. The highest BCUT2D eigenvalue weighted by Crippen LogP contribution is 2.31. The van der Waals surface area contributed by atoms with Gasteiger partial charge in [0, 0.05) is 17.8 Å². The number of amides is 1. The van der Waals surface area contributed by atoms with Gasteiger partial charge in [-0.15, -0.1) is 0 Å². The fraction of sp³-hybridized carbons (Fsp3) is 0.562. The van der Waals surface area contributed by atoms with Crippen LogP contribution in [0.4, 0.5) is 5.69 Å². The Balaban J connectivity index is 3.26. The van der Waals surface area contributed by atoms with Gasteiger partial charge in [-0.1, -0.05) is 31.5 Å². The highest BCUT2D eigenvalue weighted by molar-refractivity contribution is 6.35. The number of benzene rings is 1. The Labute approximate surface area is 127 Å². The van der Waals surface area contributed by atoms with Crippen molar-refractivity contribution >= 4 is 23.2 Å². The predicted octanol–water partition coefficient (Wildman–Crippen LogP) is 4.39. The van der Waals surface area contributed by atoms with E-state index in [1.807, 2.05) is 26.0 Å². The van der Waals surface area contributed by atoms with Crippen LogP contribution in [0.25, 0.3) is 0 Å². The summed E-state index contributed by atoms with van der Waals surface area (Å²) in [6.45, 7) is 10.8. The third-order valence-corrected chi connectivity index (χ3v) is 4.38. The highest BCUT2D eigenvalue weighted by Gasteiger charge is 2.24. The van der Waals surface area contributed by atoms with E-state index in [1.165, 1.54) is 0 Å². The van der Waals surface area contributed by atoms with Gasteiger partial charge in [-0.3, -0.25) is 4.79 Å². The van der Waals surface area contributed by atoms with Crippen LogP contribution in [0.2, 0.25) is 5.02 Å². The first kappa shape index (κ1) is 16.8. The second-order valence-electron chi connectivity index (χ2n) is 5.37. The number of hydrogen-bond acceptors (Lipinski definition) is 2. The van der Waals surface area contributed by atoms with E-state index in [-0.39, 0.29) is 11.4 Å². The number of rotatable bonds is 6. The summed E-state index contributed by atoms with van der Waals surface area (Å²) in [5.41, 5.74) is 2.22. The standard InChI is InChI=1S/C16H25ClN2O/c1-6-16(5,7-2)19-12-10-9-11(4)14(17)13(12)15(20)18-8-3/h9-10,19H,6-8H2,1-5H3,(H,18,20). The van der Waals surface area contributed by atoms with Gasteiger partial charge < -0.3 is 10.6 Å². The van der Waals surface area contributed by atoms with Crippen LogP contribution in [0.1, 0.15) is 56.5 Å². The third kappa shape index (κ3) is 3.66. The number of carbonyl (C=O) groups is 1. The normalized spacial score (nSPS) is 11.3. The van der Waals surface area contributed by atoms with E-state index < -0.39 is 0 Å². The van der Waals surface area contributed by atoms with Gasteiger partial charge >= 0.3 is 0 Å². The number of carbonyl (C=O) groups excluding carboxylic acids is 1. The fourth-order valence-electron chi connectivity index (χ4n) is 2.01. The van der Waals surface area contributed by atoms with Gasteiger partial charge in [0.25, 0.3) is 5.91 Å². The lowest BCUT2D eigenvalue weighted by atomic mass is 9.94. The van der Waals surface area contributed by atoms with Gasteiger partial charge in [0.1, 0.15) is 0 Å². The summed E-state index contributed by atoms with van der Waals surface area (Å²) in [7, 11) is 0. The minimum Gasteiger partial charge on any atom is -0.379 e. The van der Waals surface area contributed by atoms with Crippen molar-refractivity contribution in [2.45, 2.75) is 53.0 Å². The van der Waals surface area contributed by atoms with Gasteiger partial charge in [0.15, 0.2) is 0 Å². The Bertz CT molecular complexity index is 482. The molecule has 0 saturated heterocycles. The maximum Gasteiger partial charge on any atom is 0.254 e. The third-order valence-electron chi connectivity index (χ3n) is 3.90. The van der Waals surface area contributed by atoms with E-state index in [0.29, 0.717) is 17.1 Å². The molecular formula is C16H25ClN2O. The molecule has 0 aromatic heterocycles. The van der Waals surface area contributed by atoms with Crippen LogP contribution in [0, 0.1) is 6.92 Å². The lowest BCUT2D eigenvalue weighted by Crippen LogP contribution is -2.34. The maximum atomic E-state index is 12.3. The molecular weight excluding hydrogens is 272 g/mol. The van der Waals surface area contributed by atoms with Crippen molar-refractivity contribution in [2.24, 2.45) is 0 Å². The lowest BCUT2D eigenvalue weighted by Gasteiger charge is -2.31. The molecule has 0 fully saturated rings. The maximum absolute atomic E-state index is 12.3. The summed E-state index contributed by atoms with van der Waals surface area (Å²) in [6.07, 6.45) is 1.95. The van der Waals surface area contributed by atoms with Crippen molar-refractivity contribution in [3.63, 3.8) is 0 Å². The number of hydrogen-bond donors (Lipinski definition) is 2. The topological polar surface area (TPSA) is 41.1 Å². The van der Waals surface area contributed by atoms with Crippen LogP contribution in [0.5, 0.6) is 0 Å². The van der Waals surface area contributed by atoms with Crippen molar-refractivity contribution in [3.8, 4) is 0 Å². The Morgan fingerprint density at radius 1 is 1.25 bits per heavy atom. The number of aryl methyl sites for hydroxylation is 1. The van der Waals surface area contributed by atoms with E-state index in [1.54, 1.807) is 0 Å². The number of halogens is 1. The molecule has 0 spiro atoms. The van der Waals surface area contributed by atoms with Gasteiger partial charge in [-0.2, -0.15) is 0 Å². The summed E-state index contributed by atoms with van der Waals surface area (Å²) in [4.78, 5) is 12.3. The quantitative estimate of drug-likeness (QED) is 0.817. The minimum absolute atomic E-state index is 0.0418. The summed E-state index contributed by atoms with van der Waals surface area (Å²) >= 11 is 6.34. The molecule has 4 heteroatoms. The molecule has 0 aliphatic carbocycles.